The number of aromatic nitrogens is 2. The molecule has 0 aromatic carbocycles. The van der Waals surface area contributed by atoms with Gasteiger partial charge in [-0.1, -0.05) is 11.6 Å². The number of rotatable bonds is 3. The fourth-order valence-corrected chi connectivity index (χ4v) is 4.73. The molecular weight excluding hydrogens is 358 g/mol. The summed E-state index contributed by atoms with van der Waals surface area (Å²) < 4.78 is 2.27. The topological polar surface area (TPSA) is 55.2 Å². The summed E-state index contributed by atoms with van der Waals surface area (Å²) in [5.74, 6) is 0.448. The zero-order chi connectivity index (χ0) is 17.4. The van der Waals surface area contributed by atoms with Crippen LogP contribution in [-0.2, 0) is 19.4 Å². The standard InChI is InChI=1S/C18H20ClN3O2S/c19-16-5-4-15(25-16)18(24)21-8-6-12(7-9-21)11-22-17(23)10-13-2-1-3-14(13)20-22/h4-5,10,12H,1-3,6-9,11H2. The van der Waals surface area contributed by atoms with Crippen molar-refractivity contribution in [1.82, 2.24) is 14.7 Å². The second-order valence-electron chi connectivity index (χ2n) is 6.83. The van der Waals surface area contributed by atoms with E-state index in [2.05, 4.69) is 5.10 Å². The zero-order valence-corrected chi connectivity index (χ0v) is 15.5. The first-order valence-electron chi connectivity index (χ1n) is 8.74. The lowest BCUT2D eigenvalue weighted by Gasteiger charge is -2.31. The molecule has 25 heavy (non-hydrogen) atoms. The van der Waals surface area contributed by atoms with Crippen molar-refractivity contribution in [3.63, 3.8) is 0 Å². The van der Waals surface area contributed by atoms with Crippen LogP contribution in [0.1, 0.15) is 40.2 Å². The highest BCUT2D eigenvalue weighted by Gasteiger charge is 2.25. The van der Waals surface area contributed by atoms with Crippen LogP contribution in [0, 0.1) is 5.92 Å². The molecule has 4 rings (SSSR count). The number of hydrogen-bond donors (Lipinski definition) is 0. The molecule has 2 aromatic heterocycles. The smallest absolute Gasteiger partial charge is 0.267 e. The monoisotopic (exact) mass is 377 g/mol. The number of thiophene rings is 1. The van der Waals surface area contributed by atoms with Gasteiger partial charge < -0.3 is 4.90 Å². The van der Waals surface area contributed by atoms with E-state index in [-0.39, 0.29) is 11.5 Å². The summed E-state index contributed by atoms with van der Waals surface area (Å²) >= 11 is 7.25. The number of halogens is 1. The molecule has 132 valence electrons. The molecule has 1 saturated heterocycles. The van der Waals surface area contributed by atoms with Crippen LogP contribution < -0.4 is 5.56 Å². The Morgan fingerprint density at radius 3 is 2.80 bits per heavy atom. The third-order valence-corrected chi connectivity index (χ3v) is 6.36. The quantitative estimate of drug-likeness (QED) is 0.826. The molecule has 1 aliphatic heterocycles. The second kappa shape index (κ2) is 6.92. The molecule has 0 bridgehead atoms. The number of fused-ring (bicyclic) bond motifs is 1. The molecule has 0 atom stereocenters. The van der Waals surface area contributed by atoms with Gasteiger partial charge in [-0.2, -0.15) is 5.10 Å². The minimum atomic E-state index is 0.00684. The van der Waals surface area contributed by atoms with Crippen molar-refractivity contribution in [2.75, 3.05) is 13.1 Å². The molecule has 0 spiro atoms. The van der Waals surface area contributed by atoms with Crippen molar-refractivity contribution in [3.8, 4) is 0 Å². The molecule has 0 saturated carbocycles. The molecule has 2 aliphatic rings. The van der Waals surface area contributed by atoms with Gasteiger partial charge in [0.15, 0.2) is 0 Å². The maximum atomic E-state index is 12.5. The number of nitrogens with zero attached hydrogens (tertiary/aromatic N) is 3. The van der Waals surface area contributed by atoms with Gasteiger partial charge in [-0.25, -0.2) is 4.68 Å². The van der Waals surface area contributed by atoms with E-state index in [1.165, 1.54) is 11.3 Å². The first kappa shape index (κ1) is 16.8. The van der Waals surface area contributed by atoms with Gasteiger partial charge in [0.05, 0.1) is 14.9 Å². The lowest BCUT2D eigenvalue weighted by atomic mass is 9.96. The SMILES string of the molecule is O=C(c1ccc(Cl)s1)N1CCC(Cn2nc3c(cc2=O)CCC3)CC1. The van der Waals surface area contributed by atoms with Crippen molar-refractivity contribution in [2.45, 2.75) is 38.6 Å². The van der Waals surface area contributed by atoms with Gasteiger partial charge in [0.25, 0.3) is 11.5 Å². The highest BCUT2D eigenvalue weighted by molar-refractivity contribution is 7.17. The first-order valence-corrected chi connectivity index (χ1v) is 9.94. The van der Waals surface area contributed by atoms with E-state index < -0.39 is 0 Å². The predicted octanol–water partition coefficient (Wildman–Crippen LogP) is 3.00. The van der Waals surface area contributed by atoms with Crippen LogP contribution in [0.2, 0.25) is 4.34 Å². The van der Waals surface area contributed by atoms with E-state index in [1.807, 2.05) is 4.90 Å². The largest absolute Gasteiger partial charge is 0.338 e. The lowest BCUT2D eigenvalue weighted by Crippen LogP contribution is -2.40. The minimum absolute atomic E-state index is 0.00684. The van der Waals surface area contributed by atoms with Gasteiger partial charge in [-0.15, -0.1) is 11.3 Å². The fraction of sp³-hybridized carbons (Fsp3) is 0.500. The minimum Gasteiger partial charge on any atom is -0.338 e. The summed E-state index contributed by atoms with van der Waals surface area (Å²) in [7, 11) is 0. The van der Waals surface area contributed by atoms with Crippen LogP contribution in [0.5, 0.6) is 0 Å². The molecule has 3 heterocycles. The predicted molar refractivity (Wildman–Crippen MR) is 98.5 cm³/mol. The van der Waals surface area contributed by atoms with E-state index in [4.69, 9.17) is 11.6 Å². The highest BCUT2D eigenvalue weighted by atomic mass is 35.5. The Morgan fingerprint density at radius 2 is 2.08 bits per heavy atom. The summed E-state index contributed by atoms with van der Waals surface area (Å²) in [5, 5.41) is 4.56. The van der Waals surface area contributed by atoms with Crippen LogP contribution in [0.25, 0.3) is 0 Å². The van der Waals surface area contributed by atoms with Crippen molar-refractivity contribution in [3.05, 3.63) is 49.0 Å². The average Bonchev–Trinajstić information content (AvgIpc) is 3.24. The molecule has 7 heteroatoms. The summed E-state index contributed by atoms with van der Waals surface area (Å²) in [6.45, 7) is 2.09. The summed E-state index contributed by atoms with van der Waals surface area (Å²) in [6.07, 6.45) is 4.85. The second-order valence-corrected chi connectivity index (χ2v) is 8.54. The van der Waals surface area contributed by atoms with Crippen LogP contribution in [0.15, 0.2) is 23.0 Å². The number of likely N-dealkylation sites (tertiary alicyclic amines) is 1. The maximum Gasteiger partial charge on any atom is 0.267 e. The van der Waals surface area contributed by atoms with E-state index in [9.17, 15) is 9.59 Å². The molecule has 1 amide bonds. The Balaban J connectivity index is 1.38. The van der Waals surface area contributed by atoms with Crippen LogP contribution in [0.4, 0.5) is 0 Å². The number of aryl methyl sites for hydroxylation is 2. The van der Waals surface area contributed by atoms with Crippen molar-refractivity contribution in [1.29, 1.82) is 0 Å². The molecule has 5 nitrogen and oxygen atoms in total. The Kier molecular flexibility index (Phi) is 4.65. The van der Waals surface area contributed by atoms with Crippen molar-refractivity contribution in [2.24, 2.45) is 5.92 Å². The first-order chi connectivity index (χ1) is 12.1. The average molecular weight is 378 g/mol. The number of amides is 1. The molecule has 1 aliphatic carbocycles. The molecule has 0 N–H and O–H groups in total. The third-order valence-electron chi connectivity index (χ3n) is 5.14. The summed E-state index contributed by atoms with van der Waals surface area (Å²) in [5.41, 5.74) is 2.21. The third kappa shape index (κ3) is 3.51. The fourth-order valence-electron chi connectivity index (χ4n) is 3.72. The van der Waals surface area contributed by atoms with E-state index in [1.54, 1.807) is 22.9 Å². The highest BCUT2D eigenvalue weighted by Crippen LogP contribution is 2.26. The Morgan fingerprint density at radius 1 is 1.28 bits per heavy atom. The van der Waals surface area contributed by atoms with Crippen LogP contribution in [-0.4, -0.2) is 33.7 Å². The molecule has 0 radical (unpaired) electrons. The Labute approximate surface area is 155 Å². The van der Waals surface area contributed by atoms with Gasteiger partial charge in [0, 0.05) is 25.7 Å². The number of hydrogen-bond acceptors (Lipinski definition) is 4. The summed E-state index contributed by atoms with van der Waals surface area (Å²) in [6, 6.07) is 5.31. The van der Waals surface area contributed by atoms with Crippen molar-refractivity contribution < 1.29 is 4.79 Å². The lowest BCUT2D eigenvalue weighted by molar-refractivity contribution is 0.0685. The van der Waals surface area contributed by atoms with E-state index in [0.717, 1.165) is 56.5 Å². The van der Waals surface area contributed by atoms with Gasteiger partial charge >= 0.3 is 0 Å². The van der Waals surface area contributed by atoms with Crippen molar-refractivity contribution >= 4 is 28.8 Å². The summed E-state index contributed by atoms with van der Waals surface area (Å²) in [4.78, 5) is 27.3. The van der Waals surface area contributed by atoms with E-state index >= 15 is 0 Å². The molecule has 0 unspecified atom stereocenters. The van der Waals surface area contributed by atoms with Gasteiger partial charge in [0.1, 0.15) is 0 Å². The van der Waals surface area contributed by atoms with Gasteiger partial charge in [0.2, 0.25) is 0 Å². The Hall–Kier alpha value is -1.66. The van der Waals surface area contributed by atoms with Crippen LogP contribution in [0.3, 0.4) is 0 Å². The van der Waals surface area contributed by atoms with Gasteiger partial charge in [-0.3, -0.25) is 9.59 Å². The normalized spacial score (nSPS) is 17.7. The molecular formula is C18H20ClN3O2S. The van der Waals surface area contributed by atoms with E-state index in [0.29, 0.717) is 21.7 Å². The molecule has 2 aromatic rings. The Bertz CT molecular complexity index is 852. The zero-order valence-electron chi connectivity index (χ0n) is 13.9. The number of carbonyl (C=O) groups is 1. The maximum absolute atomic E-state index is 12.5. The number of piperidine rings is 1. The van der Waals surface area contributed by atoms with Gasteiger partial charge in [-0.05, 0) is 55.7 Å². The molecule has 1 fully saturated rings. The van der Waals surface area contributed by atoms with Crippen LogP contribution >= 0.6 is 22.9 Å². The number of carbonyl (C=O) groups excluding carboxylic acids is 1.